The first kappa shape index (κ1) is 18.9. The number of amides is 2. The molecule has 0 aromatic heterocycles. The van der Waals surface area contributed by atoms with E-state index in [9.17, 15) is 14.4 Å². The molecule has 2 aromatic carbocycles. The number of halogens is 1. The molecule has 130 valence electrons. The molecule has 0 saturated carbocycles. The van der Waals surface area contributed by atoms with Crippen LogP contribution in [0.2, 0.25) is 0 Å². The molecule has 0 atom stereocenters. The van der Waals surface area contributed by atoms with E-state index in [1.165, 1.54) is 0 Å². The van der Waals surface area contributed by atoms with Crippen LogP contribution in [0, 0.1) is 10.5 Å². The lowest BCUT2D eigenvalue weighted by Gasteiger charge is -2.09. The maximum atomic E-state index is 12.0. The molecule has 7 heteroatoms. The zero-order valence-electron chi connectivity index (χ0n) is 13.5. The molecule has 0 aliphatic carbocycles. The van der Waals surface area contributed by atoms with Gasteiger partial charge in [-0.3, -0.25) is 14.4 Å². The van der Waals surface area contributed by atoms with Crippen LogP contribution in [0.5, 0.6) is 0 Å². The number of esters is 1. The van der Waals surface area contributed by atoms with Crippen molar-refractivity contribution < 1.29 is 19.1 Å². The lowest BCUT2D eigenvalue weighted by atomic mass is 10.1. The Balaban J connectivity index is 1.74. The second kappa shape index (κ2) is 9.16. The van der Waals surface area contributed by atoms with Gasteiger partial charge in [0.05, 0.1) is 0 Å². The molecular weight excluding hydrogens is 435 g/mol. The molecule has 0 saturated heterocycles. The van der Waals surface area contributed by atoms with E-state index >= 15 is 0 Å². The van der Waals surface area contributed by atoms with Crippen molar-refractivity contribution in [2.24, 2.45) is 0 Å². The van der Waals surface area contributed by atoms with Crippen LogP contribution >= 0.6 is 22.6 Å². The van der Waals surface area contributed by atoms with E-state index in [0.29, 0.717) is 11.3 Å². The monoisotopic (exact) mass is 452 g/mol. The zero-order chi connectivity index (χ0) is 18.2. The minimum Gasteiger partial charge on any atom is -0.454 e. The first-order valence-corrected chi connectivity index (χ1v) is 8.58. The minimum atomic E-state index is -0.681. The van der Waals surface area contributed by atoms with Gasteiger partial charge in [-0.25, -0.2) is 0 Å². The van der Waals surface area contributed by atoms with Gasteiger partial charge in [0, 0.05) is 14.8 Å². The molecule has 25 heavy (non-hydrogen) atoms. The summed E-state index contributed by atoms with van der Waals surface area (Å²) in [5.41, 5.74) is 1.93. The molecule has 2 rings (SSSR count). The lowest BCUT2D eigenvalue weighted by Crippen LogP contribution is -2.32. The lowest BCUT2D eigenvalue weighted by molar-refractivity contribution is -0.146. The van der Waals surface area contributed by atoms with Gasteiger partial charge in [-0.2, -0.15) is 0 Å². The molecule has 0 aliphatic rings. The van der Waals surface area contributed by atoms with Gasteiger partial charge in [-0.05, 0) is 59.3 Å². The molecule has 6 nitrogen and oxygen atoms in total. The molecule has 2 amide bonds. The Bertz CT molecular complexity index is 792. The first-order valence-electron chi connectivity index (χ1n) is 7.50. The smallest absolute Gasteiger partial charge is 0.325 e. The van der Waals surface area contributed by atoms with Crippen LogP contribution in [-0.4, -0.2) is 30.9 Å². The second-order valence-electron chi connectivity index (χ2n) is 5.22. The minimum absolute atomic E-state index is 0.302. The van der Waals surface area contributed by atoms with Crippen molar-refractivity contribution in [3.63, 3.8) is 0 Å². The van der Waals surface area contributed by atoms with E-state index in [2.05, 4.69) is 33.2 Å². The summed E-state index contributed by atoms with van der Waals surface area (Å²) in [6.45, 7) is 1.09. The summed E-state index contributed by atoms with van der Waals surface area (Å²) in [6, 6.07) is 14.3. The number of carbonyl (C=O) groups excluding carboxylic acids is 3. The van der Waals surface area contributed by atoms with Gasteiger partial charge >= 0.3 is 5.97 Å². The zero-order valence-corrected chi connectivity index (χ0v) is 15.7. The second-order valence-corrected chi connectivity index (χ2v) is 6.46. The predicted molar refractivity (Wildman–Crippen MR) is 102 cm³/mol. The largest absolute Gasteiger partial charge is 0.454 e. The Labute approximate surface area is 159 Å². The average molecular weight is 452 g/mol. The van der Waals surface area contributed by atoms with Crippen LogP contribution < -0.4 is 10.6 Å². The summed E-state index contributed by atoms with van der Waals surface area (Å²) < 4.78 is 5.83. The standard InChI is InChI=1S/C18H17IN2O4/c1-12-5-2-3-8-15(12)18(24)20-10-17(23)25-11-16(22)21-14-7-4-6-13(19)9-14/h2-9H,10-11H2,1H3,(H,20,24)(H,21,22). The number of hydrogen-bond donors (Lipinski definition) is 2. The van der Waals surface area contributed by atoms with Gasteiger partial charge in [0.1, 0.15) is 6.54 Å². The summed E-state index contributed by atoms with van der Waals surface area (Å²) in [6.07, 6.45) is 0. The first-order chi connectivity index (χ1) is 12.0. The summed E-state index contributed by atoms with van der Waals surface area (Å²) in [7, 11) is 0. The Morgan fingerprint density at radius 3 is 2.56 bits per heavy atom. The van der Waals surface area contributed by atoms with Crippen LogP contribution in [0.15, 0.2) is 48.5 Å². The molecule has 0 aliphatic heterocycles. The highest BCUT2D eigenvalue weighted by Gasteiger charge is 2.12. The van der Waals surface area contributed by atoms with Crippen LogP contribution in [0.1, 0.15) is 15.9 Å². The van der Waals surface area contributed by atoms with E-state index in [0.717, 1.165) is 9.13 Å². The fraction of sp³-hybridized carbons (Fsp3) is 0.167. The number of carbonyl (C=O) groups is 3. The van der Waals surface area contributed by atoms with Crippen LogP contribution in [0.3, 0.4) is 0 Å². The predicted octanol–water partition coefficient (Wildman–Crippen LogP) is 2.51. The van der Waals surface area contributed by atoms with Crippen LogP contribution in [0.4, 0.5) is 5.69 Å². The molecule has 0 bridgehead atoms. The molecule has 0 heterocycles. The summed E-state index contributed by atoms with van der Waals surface area (Å²) in [5, 5.41) is 5.10. The van der Waals surface area contributed by atoms with Gasteiger partial charge in [0.25, 0.3) is 11.8 Å². The van der Waals surface area contributed by atoms with Crippen molar-refractivity contribution >= 4 is 46.1 Å². The molecular formula is C18H17IN2O4. The topological polar surface area (TPSA) is 84.5 Å². The number of nitrogens with one attached hydrogen (secondary N) is 2. The Morgan fingerprint density at radius 2 is 1.84 bits per heavy atom. The molecule has 0 fully saturated rings. The third-order valence-electron chi connectivity index (χ3n) is 3.26. The fourth-order valence-electron chi connectivity index (χ4n) is 2.04. The molecule has 0 unspecified atom stereocenters. The third kappa shape index (κ3) is 6.18. The normalized spacial score (nSPS) is 10.0. The number of ether oxygens (including phenoxy) is 1. The van der Waals surface area contributed by atoms with E-state index in [1.54, 1.807) is 24.3 Å². The number of benzene rings is 2. The molecule has 0 radical (unpaired) electrons. The Hall–Kier alpha value is -2.42. The van der Waals surface area contributed by atoms with Crippen molar-refractivity contribution in [1.29, 1.82) is 0 Å². The van der Waals surface area contributed by atoms with Crippen LogP contribution in [0.25, 0.3) is 0 Å². The van der Waals surface area contributed by atoms with Crippen molar-refractivity contribution in [1.82, 2.24) is 5.32 Å². The van der Waals surface area contributed by atoms with Crippen molar-refractivity contribution in [2.75, 3.05) is 18.5 Å². The average Bonchev–Trinajstić information content (AvgIpc) is 2.58. The quantitative estimate of drug-likeness (QED) is 0.521. The number of aryl methyl sites for hydroxylation is 1. The van der Waals surface area contributed by atoms with Crippen LogP contribution in [-0.2, 0) is 14.3 Å². The van der Waals surface area contributed by atoms with E-state index < -0.39 is 18.5 Å². The van der Waals surface area contributed by atoms with Gasteiger partial charge < -0.3 is 15.4 Å². The highest BCUT2D eigenvalue weighted by Crippen LogP contribution is 2.12. The van der Waals surface area contributed by atoms with Gasteiger partial charge in [-0.1, -0.05) is 24.3 Å². The van der Waals surface area contributed by atoms with E-state index in [1.807, 2.05) is 31.2 Å². The summed E-state index contributed by atoms with van der Waals surface area (Å²) in [5.74, 6) is -1.49. The maximum absolute atomic E-state index is 12.0. The van der Waals surface area contributed by atoms with Crippen molar-refractivity contribution in [3.8, 4) is 0 Å². The fourth-order valence-corrected chi connectivity index (χ4v) is 2.58. The van der Waals surface area contributed by atoms with Crippen molar-refractivity contribution in [2.45, 2.75) is 6.92 Å². The Morgan fingerprint density at radius 1 is 1.08 bits per heavy atom. The number of hydrogen-bond acceptors (Lipinski definition) is 4. The number of rotatable bonds is 6. The van der Waals surface area contributed by atoms with Gasteiger partial charge in [-0.15, -0.1) is 0 Å². The van der Waals surface area contributed by atoms with Gasteiger partial charge in [0.2, 0.25) is 0 Å². The molecule has 2 aromatic rings. The van der Waals surface area contributed by atoms with E-state index in [4.69, 9.17) is 4.74 Å². The molecule has 0 spiro atoms. The maximum Gasteiger partial charge on any atom is 0.325 e. The van der Waals surface area contributed by atoms with Crippen molar-refractivity contribution in [3.05, 3.63) is 63.2 Å². The summed E-state index contributed by atoms with van der Waals surface area (Å²) >= 11 is 2.13. The Kier molecular flexibility index (Phi) is 6.93. The summed E-state index contributed by atoms with van der Waals surface area (Å²) in [4.78, 5) is 35.4. The number of anilines is 1. The highest BCUT2D eigenvalue weighted by atomic mass is 127. The highest BCUT2D eigenvalue weighted by molar-refractivity contribution is 14.1. The third-order valence-corrected chi connectivity index (χ3v) is 3.93. The van der Waals surface area contributed by atoms with Gasteiger partial charge in [0.15, 0.2) is 6.61 Å². The molecule has 2 N–H and O–H groups in total. The van der Waals surface area contributed by atoms with E-state index in [-0.39, 0.29) is 12.5 Å². The SMILES string of the molecule is Cc1ccccc1C(=O)NCC(=O)OCC(=O)Nc1cccc(I)c1.